The minimum atomic E-state index is -0.422. The van der Waals surface area contributed by atoms with Crippen molar-refractivity contribution in [3.05, 3.63) is 38.4 Å². The fourth-order valence-electron chi connectivity index (χ4n) is 2.22. The second kappa shape index (κ2) is 7.72. The van der Waals surface area contributed by atoms with E-state index < -0.39 is 5.97 Å². The highest BCUT2D eigenvalue weighted by Gasteiger charge is 2.21. The minimum absolute atomic E-state index is 0.144. The van der Waals surface area contributed by atoms with Gasteiger partial charge in [-0.3, -0.25) is 9.69 Å². The second-order valence-electron chi connectivity index (χ2n) is 5.33. The fraction of sp³-hybridized carbons (Fsp3) is 0.375. The van der Waals surface area contributed by atoms with E-state index in [0.717, 1.165) is 10.4 Å². The molecular weight excluding hydrogens is 332 g/mol. The second-order valence-corrected chi connectivity index (χ2v) is 7.34. The first-order valence-corrected chi connectivity index (χ1v) is 8.86. The molecule has 5 nitrogen and oxygen atoms in total. The molecule has 0 atom stereocenters. The summed E-state index contributed by atoms with van der Waals surface area (Å²) in [7, 11) is 3.23. The maximum atomic E-state index is 12.2. The highest BCUT2D eigenvalue weighted by atomic mass is 32.1. The molecule has 0 saturated heterocycles. The van der Waals surface area contributed by atoms with Crippen molar-refractivity contribution in [2.24, 2.45) is 0 Å². The number of thiophene rings is 2. The quantitative estimate of drug-likeness (QED) is 0.811. The number of hydrogen-bond acceptors (Lipinski definition) is 6. The molecule has 1 amide bonds. The van der Waals surface area contributed by atoms with Gasteiger partial charge in [-0.1, -0.05) is 0 Å². The number of likely N-dealkylation sites (N-methyl/N-ethyl adjacent to an activating group) is 1. The lowest BCUT2D eigenvalue weighted by Crippen LogP contribution is -2.29. The maximum absolute atomic E-state index is 12.2. The monoisotopic (exact) mass is 352 g/mol. The average Bonchev–Trinajstić information content (AvgIpc) is 3.07. The van der Waals surface area contributed by atoms with Gasteiger partial charge in [0.1, 0.15) is 5.00 Å². The van der Waals surface area contributed by atoms with E-state index >= 15 is 0 Å². The number of aryl methyl sites for hydroxylation is 1. The molecule has 7 heteroatoms. The number of rotatable bonds is 6. The summed E-state index contributed by atoms with van der Waals surface area (Å²) in [6, 6.07) is 2.04. The Morgan fingerprint density at radius 3 is 2.70 bits per heavy atom. The van der Waals surface area contributed by atoms with Crippen molar-refractivity contribution in [1.82, 2.24) is 4.90 Å². The number of anilines is 1. The molecule has 0 radical (unpaired) electrons. The van der Waals surface area contributed by atoms with Crippen molar-refractivity contribution in [1.29, 1.82) is 0 Å². The Morgan fingerprint density at radius 2 is 2.09 bits per heavy atom. The number of nitrogens with zero attached hydrogens (tertiary/aromatic N) is 1. The first-order chi connectivity index (χ1) is 10.9. The number of carbonyl (C=O) groups is 2. The number of nitrogens with one attached hydrogen (secondary N) is 1. The van der Waals surface area contributed by atoms with Crippen LogP contribution >= 0.6 is 22.7 Å². The van der Waals surface area contributed by atoms with Gasteiger partial charge in [0.05, 0.1) is 19.2 Å². The summed E-state index contributed by atoms with van der Waals surface area (Å²) in [4.78, 5) is 27.1. The number of esters is 1. The van der Waals surface area contributed by atoms with E-state index in [0.29, 0.717) is 17.1 Å². The summed E-state index contributed by atoms with van der Waals surface area (Å²) < 4.78 is 4.81. The summed E-state index contributed by atoms with van der Waals surface area (Å²) in [5, 5.41) is 7.48. The Morgan fingerprint density at radius 1 is 1.35 bits per heavy atom. The van der Waals surface area contributed by atoms with Crippen LogP contribution in [0.1, 0.15) is 26.4 Å². The first-order valence-electron chi connectivity index (χ1n) is 7.10. The van der Waals surface area contributed by atoms with Gasteiger partial charge in [0, 0.05) is 11.4 Å². The average molecular weight is 352 g/mol. The van der Waals surface area contributed by atoms with Crippen LogP contribution in [0.3, 0.4) is 0 Å². The van der Waals surface area contributed by atoms with Gasteiger partial charge >= 0.3 is 5.97 Å². The van der Waals surface area contributed by atoms with E-state index in [2.05, 4.69) is 10.7 Å². The zero-order chi connectivity index (χ0) is 17.0. The van der Waals surface area contributed by atoms with E-state index in [9.17, 15) is 9.59 Å². The van der Waals surface area contributed by atoms with Crippen molar-refractivity contribution in [2.75, 3.05) is 26.0 Å². The van der Waals surface area contributed by atoms with Crippen molar-refractivity contribution in [2.45, 2.75) is 20.4 Å². The van der Waals surface area contributed by atoms with Crippen LogP contribution in [0.4, 0.5) is 5.00 Å². The molecule has 0 aliphatic heterocycles. The maximum Gasteiger partial charge on any atom is 0.341 e. The van der Waals surface area contributed by atoms with E-state index in [-0.39, 0.29) is 12.5 Å². The molecule has 0 aliphatic carbocycles. The molecule has 2 heterocycles. The highest BCUT2D eigenvalue weighted by molar-refractivity contribution is 7.16. The predicted molar refractivity (Wildman–Crippen MR) is 94.4 cm³/mol. The Bertz CT molecular complexity index is 692. The van der Waals surface area contributed by atoms with E-state index in [1.807, 2.05) is 37.2 Å². The Labute approximate surface area is 143 Å². The van der Waals surface area contributed by atoms with Crippen molar-refractivity contribution < 1.29 is 14.3 Å². The van der Waals surface area contributed by atoms with Crippen LogP contribution < -0.4 is 5.32 Å². The van der Waals surface area contributed by atoms with E-state index in [4.69, 9.17) is 4.74 Å². The van der Waals surface area contributed by atoms with Gasteiger partial charge in [0.2, 0.25) is 5.91 Å². The number of methoxy groups -OCH3 is 1. The highest BCUT2D eigenvalue weighted by Crippen LogP contribution is 2.32. The lowest BCUT2D eigenvalue weighted by atomic mass is 10.1. The molecule has 0 bridgehead atoms. The van der Waals surface area contributed by atoms with Crippen LogP contribution in [0, 0.1) is 13.8 Å². The van der Waals surface area contributed by atoms with Crippen LogP contribution in [0.25, 0.3) is 0 Å². The molecule has 2 rings (SSSR count). The molecule has 0 fully saturated rings. The zero-order valence-electron chi connectivity index (χ0n) is 13.6. The fourth-order valence-corrected chi connectivity index (χ4v) is 3.95. The topological polar surface area (TPSA) is 58.6 Å². The van der Waals surface area contributed by atoms with E-state index in [1.165, 1.54) is 24.0 Å². The number of hydrogen-bond donors (Lipinski definition) is 1. The predicted octanol–water partition coefficient (Wildman–Crippen LogP) is 3.28. The van der Waals surface area contributed by atoms with Crippen LogP contribution in [-0.4, -0.2) is 37.5 Å². The normalized spacial score (nSPS) is 10.8. The summed E-state index contributed by atoms with van der Waals surface area (Å²) >= 11 is 3.03. The molecule has 0 spiro atoms. The number of carbonyl (C=O) groups excluding carboxylic acids is 2. The number of amides is 1. The van der Waals surface area contributed by atoms with Crippen LogP contribution in [0.5, 0.6) is 0 Å². The molecule has 0 unspecified atom stereocenters. The lowest BCUT2D eigenvalue weighted by molar-refractivity contribution is -0.117. The van der Waals surface area contributed by atoms with E-state index in [1.54, 1.807) is 11.3 Å². The molecule has 124 valence electrons. The standard InChI is InChI=1S/C16H20N2O3S2/c1-10-11(2)23-15(14(10)16(20)21-4)17-13(19)8-18(3)7-12-5-6-22-9-12/h5-6,9H,7-8H2,1-4H3,(H,17,19). The SMILES string of the molecule is COC(=O)c1c(NC(=O)CN(C)Cc2ccsc2)sc(C)c1C. The third-order valence-electron chi connectivity index (χ3n) is 3.47. The number of ether oxygens (including phenoxy) is 1. The van der Waals surface area contributed by atoms with Crippen molar-refractivity contribution in [3.8, 4) is 0 Å². The van der Waals surface area contributed by atoms with Gasteiger partial charge < -0.3 is 10.1 Å². The Hall–Kier alpha value is -1.70. The van der Waals surface area contributed by atoms with Crippen molar-refractivity contribution >= 4 is 39.6 Å². The molecule has 0 aliphatic rings. The molecule has 0 saturated carbocycles. The van der Waals surface area contributed by atoms with Crippen LogP contribution in [0.15, 0.2) is 16.8 Å². The molecule has 2 aromatic heterocycles. The minimum Gasteiger partial charge on any atom is -0.465 e. The molecule has 1 N–H and O–H groups in total. The van der Waals surface area contributed by atoms with Gasteiger partial charge in [-0.05, 0) is 48.8 Å². The molecule has 2 aromatic rings. The summed E-state index contributed by atoms with van der Waals surface area (Å²) in [6.07, 6.45) is 0. The summed E-state index contributed by atoms with van der Waals surface area (Å²) in [5.74, 6) is -0.567. The zero-order valence-corrected chi connectivity index (χ0v) is 15.3. The van der Waals surface area contributed by atoms with Gasteiger partial charge in [-0.2, -0.15) is 11.3 Å². The van der Waals surface area contributed by atoms with Crippen molar-refractivity contribution in [3.63, 3.8) is 0 Å². The van der Waals surface area contributed by atoms with Gasteiger partial charge in [-0.15, -0.1) is 11.3 Å². The Balaban J connectivity index is 2.02. The molecule has 23 heavy (non-hydrogen) atoms. The van der Waals surface area contributed by atoms with Crippen LogP contribution in [-0.2, 0) is 16.1 Å². The molecular formula is C16H20N2O3S2. The Kier molecular flexibility index (Phi) is 5.92. The first kappa shape index (κ1) is 17.7. The van der Waals surface area contributed by atoms with Gasteiger partial charge in [0.25, 0.3) is 0 Å². The summed E-state index contributed by atoms with van der Waals surface area (Å²) in [6.45, 7) is 4.75. The van der Waals surface area contributed by atoms with Gasteiger partial charge in [-0.25, -0.2) is 4.79 Å². The largest absolute Gasteiger partial charge is 0.465 e. The van der Waals surface area contributed by atoms with Gasteiger partial charge in [0.15, 0.2) is 0 Å². The third-order valence-corrected chi connectivity index (χ3v) is 5.33. The molecule has 0 aromatic carbocycles. The lowest BCUT2D eigenvalue weighted by Gasteiger charge is -2.15. The smallest absolute Gasteiger partial charge is 0.341 e. The summed E-state index contributed by atoms with van der Waals surface area (Å²) in [5.41, 5.74) is 2.48. The third kappa shape index (κ3) is 4.40. The van der Waals surface area contributed by atoms with Crippen LogP contribution in [0.2, 0.25) is 0 Å².